The molecule has 0 N–H and O–H groups in total. The van der Waals surface area contributed by atoms with E-state index < -0.39 is 0 Å². The van der Waals surface area contributed by atoms with Gasteiger partial charge in [0, 0.05) is 38.8 Å². The summed E-state index contributed by atoms with van der Waals surface area (Å²) in [7, 11) is 0. The first-order valence-corrected chi connectivity index (χ1v) is 19.7. The number of allylic oxidation sites excluding steroid dienone is 5. The molecular formula is C52H41N5. The van der Waals surface area contributed by atoms with Gasteiger partial charge in [-0.3, -0.25) is 4.57 Å². The monoisotopic (exact) mass is 735 g/mol. The minimum atomic E-state index is 0.114. The lowest BCUT2D eigenvalue weighted by atomic mass is 9.87. The quantitative estimate of drug-likeness (QED) is 0.164. The molecule has 0 fully saturated rings. The van der Waals surface area contributed by atoms with Crippen LogP contribution in [0.15, 0.2) is 176 Å². The lowest BCUT2D eigenvalue weighted by Crippen LogP contribution is -2.13. The molecule has 0 aliphatic heterocycles. The lowest BCUT2D eigenvalue weighted by molar-refractivity contribution is 0.616. The Hall–Kier alpha value is -7.11. The third-order valence-electron chi connectivity index (χ3n) is 11.4. The number of hydrogen-bond donors (Lipinski definition) is 0. The summed E-state index contributed by atoms with van der Waals surface area (Å²) in [5.41, 5.74) is 13.5. The van der Waals surface area contributed by atoms with Gasteiger partial charge in [-0.15, -0.1) is 0 Å². The normalized spacial score (nSPS) is 15.4. The largest absolute Gasteiger partial charge is 0.307 e. The van der Waals surface area contributed by atoms with Crippen molar-refractivity contribution in [2.45, 2.75) is 26.7 Å². The van der Waals surface area contributed by atoms with Crippen LogP contribution in [0.25, 0.3) is 84.2 Å². The summed E-state index contributed by atoms with van der Waals surface area (Å²) in [6.07, 6.45) is 13.1. The molecule has 57 heavy (non-hydrogen) atoms. The molecule has 0 spiro atoms. The highest BCUT2D eigenvalue weighted by atomic mass is 15.2. The summed E-state index contributed by atoms with van der Waals surface area (Å²) in [5.74, 6) is 1.06. The first kappa shape index (κ1) is 34.4. The third kappa shape index (κ3) is 5.91. The summed E-state index contributed by atoms with van der Waals surface area (Å²) in [5, 5.41) is 3.50. The van der Waals surface area contributed by atoms with E-state index in [1.165, 1.54) is 10.9 Å². The smallest absolute Gasteiger partial charge is 0.235 e. The van der Waals surface area contributed by atoms with Gasteiger partial charge >= 0.3 is 0 Å². The van der Waals surface area contributed by atoms with Crippen LogP contribution in [-0.4, -0.2) is 24.1 Å². The molecule has 5 aromatic carbocycles. The summed E-state index contributed by atoms with van der Waals surface area (Å²) >= 11 is 0. The molecular weight excluding hydrogens is 695 g/mol. The molecule has 1 aliphatic rings. The van der Waals surface area contributed by atoms with Crippen molar-refractivity contribution < 1.29 is 0 Å². The van der Waals surface area contributed by atoms with Gasteiger partial charge in [-0.25, -0.2) is 15.0 Å². The summed E-state index contributed by atoms with van der Waals surface area (Å²) in [4.78, 5) is 16.2. The number of aryl methyl sites for hydroxylation is 1. The zero-order valence-corrected chi connectivity index (χ0v) is 32.2. The van der Waals surface area contributed by atoms with E-state index in [0.717, 1.165) is 78.2 Å². The molecule has 5 heteroatoms. The van der Waals surface area contributed by atoms with E-state index in [1.807, 2.05) is 0 Å². The first-order valence-electron chi connectivity index (χ1n) is 19.7. The highest BCUT2D eigenvalue weighted by Gasteiger charge is 2.26. The maximum Gasteiger partial charge on any atom is 0.235 e. The summed E-state index contributed by atoms with van der Waals surface area (Å²) < 4.78 is 4.74. The Bertz CT molecular complexity index is 2980. The van der Waals surface area contributed by atoms with E-state index in [9.17, 15) is 0 Å². The average molecular weight is 736 g/mol. The molecule has 0 amide bonds. The number of pyridine rings is 1. The fraction of sp³-hybridized carbons (Fsp3) is 0.0962. The average Bonchev–Trinajstić information content (AvgIpc) is 3.76. The number of nitrogens with zero attached hydrogens (tertiary/aromatic N) is 5. The van der Waals surface area contributed by atoms with Gasteiger partial charge in [-0.05, 0) is 55.7 Å². The first-order chi connectivity index (χ1) is 28.1. The minimum Gasteiger partial charge on any atom is -0.307 e. The van der Waals surface area contributed by atoms with Gasteiger partial charge in [0.1, 0.15) is 0 Å². The zero-order chi connectivity index (χ0) is 38.5. The van der Waals surface area contributed by atoms with Crippen LogP contribution in [0.1, 0.15) is 36.7 Å². The van der Waals surface area contributed by atoms with Crippen molar-refractivity contribution in [3.8, 4) is 45.4 Å². The predicted molar refractivity (Wildman–Crippen MR) is 237 cm³/mol. The van der Waals surface area contributed by atoms with Crippen molar-refractivity contribution in [2.24, 2.45) is 5.92 Å². The highest BCUT2D eigenvalue weighted by Crippen LogP contribution is 2.42. The molecule has 2 unspecified atom stereocenters. The van der Waals surface area contributed by atoms with Crippen molar-refractivity contribution in [3.05, 3.63) is 193 Å². The maximum absolute atomic E-state index is 5.49. The van der Waals surface area contributed by atoms with Gasteiger partial charge in [0.05, 0.1) is 50.7 Å². The van der Waals surface area contributed by atoms with Gasteiger partial charge < -0.3 is 4.57 Å². The van der Waals surface area contributed by atoms with E-state index in [0.29, 0.717) is 5.95 Å². The minimum absolute atomic E-state index is 0.114. The van der Waals surface area contributed by atoms with Gasteiger partial charge in [0.2, 0.25) is 5.95 Å². The van der Waals surface area contributed by atoms with Gasteiger partial charge in [-0.1, -0.05) is 159 Å². The van der Waals surface area contributed by atoms with E-state index >= 15 is 0 Å². The van der Waals surface area contributed by atoms with Crippen LogP contribution in [-0.2, 0) is 0 Å². The van der Waals surface area contributed by atoms with E-state index in [2.05, 4.69) is 212 Å². The summed E-state index contributed by atoms with van der Waals surface area (Å²) in [6, 6.07) is 51.4. The molecule has 2 atom stereocenters. The van der Waals surface area contributed by atoms with Crippen LogP contribution >= 0.6 is 0 Å². The Morgan fingerprint density at radius 1 is 0.544 bits per heavy atom. The van der Waals surface area contributed by atoms with Crippen molar-refractivity contribution in [1.29, 1.82) is 0 Å². The second kappa shape index (κ2) is 14.2. The molecule has 5 nitrogen and oxygen atoms in total. The zero-order valence-electron chi connectivity index (χ0n) is 32.2. The fourth-order valence-electron chi connectivity index (χ4n) is 8.55. The van der Waals surface area contributed by atoms with Crippen LogP contribution in [0.2, 0.25) is 0 Å². The molecule has 10 rings (SSSR count). The number of para-hydroxylation sites is 1. The van der Waals surface area contributed by atoms with Crippen molar-refractivity contribution in [1.82, 2.24) is 24.1 Å². The van der Waals surface area contributed by atoms with Crippen LogP contribution in [0.5, 0.6) is 0 Å². The van der Waals surface area contributed by atoms with Crippen LogP contribution in [0, 0.1) is 12.8 Å². The Kier molecular flexibility index (Phi) is 8.56. The molecule has 1 aliphatic carbocycles. The second-order valence-electron chi connectivity index (χ2n) is 14.9. The van der Waals surface area contributed by atoms with Crippen molar-refractivity contribution in [2.75, 3.05) is 0 Å². The Morgan fingerprint density at radius 2 is 1.11 bits per heavy atom. The molecule has 0 saturated carbocycles. The van der Waals surface area contributed by atoms with Gasteiger partial charge in [-0.2, -0.15) is 0 Å². The molecule has 0 radical (unpaired) electrons. The topological polar surface area (TPSA) is 48.5 Å². The SMILES string of the molecule is C/C=C\c1c(C)c2ccc3c4ccccc4n(-c4cc(-c5ccccc5)nc(-c5ccccc5)c4)c3c2n1-c1nc(-c2ccccc2)cc(C2C=CC=CC2C)n1. The predicted octanol–water partition coefficient (Wildman–Crippen LogP) is 13.1. The molecule has 0 saturated heterocycles. The van der Waals surface area contributed by atoms with Crippen LogP contribution < -0.4 is 0 Å². The molecule has 9 aromatic rings. The second-order valence-corrected chi connectivity index (χ2v) is 14.9. The Labute approximate surface area is 332 Å². The highest BCUT2D eigenvalue weighted by molar-refractivity contribution is 6.19. The lowest BCUT2D eigenvalue weighted by Gasteiger charge is -2.22. The van der Waals surface area contributed by atoms with Crippen LogP contribution in [0.4, 0.5) is 0 Å². The van der Waals surface area contributed by atoms with E-state index in [4.69, 9.17) is 15.0 Å². The molecule has 4 heterocycles. The number of hydrogen-bond acceptors (Lipinski definition) is 3. The van der Waals surface area contributed by atoms with E-state index in [-0.39, 0.29) is 11.8 Å². The third-order valence-corrected chi connectivity index (χ3v) is 11.4. The van der Waals surface area contributed by atoms with Gasteiger partial charge in [0.15, 0.2) is 0 Å². The van der Waals surface area contributed by atoms with Crippen LogP contribution in [0.3, 0.4) is 0 Å². The number of aromatic nitrogens is 5. The molecule has 4 aromatic heterocycles. The number of fused-ring (bicyclic) bond motifs is 5. The van der Waals surface area contributed by atoms with Crippen molar-refractivity contribution >= 4 is 38.8 Å². The van der Waals surface area contributed by atoms with E-state index in [1.54, 1.807) is 0 Å². The van der Waals surface area contributed by atoms with Crippen molar-refractivity contribution in [3.63, 3.8) is 0 Å². The number of rotatable bonds is 7. The van der Waals surface area contributed by atoms with Gasteiger partial charge in [0.25, 0.3) is 0 Å². The molecule has 0 bridgehead atoms. The maximum atomic E-state index is 5.49. The Morgan fingerprint density at radius 3 is 1.74 bits per heavy atom. The fourth-order valence-corrected chi connectivity index (χ4v) is 8.55. The molecule has 274 valence electrons. The standard InChI is InChI=1S/C52H41N5/c1-4-18-48-35(3)41-29-30-43-42-27-16-17-28-49(42)56(39-31-44(36-20-8-5-9-21-36)53-45(32-39)37-22-10-6-11-23-37)51(43)50(41)57(48)52-54-46(38-24-12-7-13-25-38)33-47(55-52)40-26-15-14-19-34(40)2/h4-34,40H,1-3H3/b18-4-. The number of benzene rings is 5. The Balaban J connectivity index is 1.34. The summed E-state index contributed by atoms with van der Waals surface area (Å²) in [6.45, 7) is 6.56.